The van der Waals surface area contributed by atoms with Gasteiger partial charge in [-0.3, -0.25) is 4.79 Å². The van der Waals surface area contributed by atoms with Crippen LogP contribution in [0.25, 0.3) is 11.2 Å². The maximum atomic E-state index is 12.7. The van der Waals surface area contributed by atoms with Gasteiger partial charge in [0.1, 0.15) is 17.1 Å². The van der Waals surface area contributed by atoms with E-state index in [9.17, 15) is 4.79 Å². The quantitative estimate of drug-likeness (QED) is 0.669. The molecule has 0 atom stereocenters. The van der Waals surface area contributed by atoms with E-state index in [4.69, 9.17) is 15.5 Å². The number of amides is 1. The molecule has 2 fully saturated rings. The Kier molecular flexibility index (Phi) is 4.77. The zero-order chi connectivity index (χ0) is 20.7. The molecule has 2 saturated carbocycles. The Balaban J connectivity index is 1.27. The number of ether oxygens (including phenoxy) is 1. The summed E-state index contributed by atoms with van der Waals surface area (Å²) in [5.74, 6) is 2.55. The number of fused-ring (bicyclic) bond motifs is 1. The second-order valence-electron chi connectivity index (χ2n) is 8.29. The van der Waals surface area contributed by atoms with Crippen LogP contribution in [0.15, 0.2) is 30.6 Å². The van der Waals surface area contributed by atoms with Crippen LogP contribution in [-0.4, -0.2) is 32.5 Å². The summed E-state index contributed by atoms with van der Waals surface area (Å²) in [4.78, 5) is 26.4. The van der Waals surface area contributed by atoms with Crippen LogP contribution in [0.1, 0.15) is 56.3 Å². The second kappa shape index (κ2) is 7.59. The lowest BCUT2D eigenvalue weighted by Gasteiger charge is -2.28. The van der Waals surface area contributed by atoms with Gasteiger partial charge in [0.25, 0.3) is 0 Å². The van der Waals surface area contributed by atoms with Crippen molar-refractivity contribution in [2.45, 2.75) is 50.5 Å². The summed E-state index contributed by atoms with van der Waals surface area (Å²) in [6, 6.07) is 7.73. The number of nitrogens with zero attached hydrogens (tertiary/aromatic N) is 4. The van der Waals surface area contributed by atoms with E-state index in [0.29, 0.717) is 17.3 Å². The number of nitrogens with two attached hydrogens (primary N) is 1. The van der Waals surface area contributed by atoms with Gasteiger partial charge < -0.3 is 20.4 Å². The molecule has 2 aliphatic rings. The summed E-state index contributed by atoms with van der Waals surface area (Å²) < 4.78 is 7.36. The first-order valence-electron chi connectivity index (χ1n) is 10.6. The highest BCUT2D eigenvalue weighted by molar-refractivity contribution is 5.92. The zero-order valence-corrected chi connectivity index (χ0v) is 17.0. The van der Waals surface area contributed by atoms with Crippen LogP contribution in [0.5, 0.6) is 5.75 Å². The Hall–Kier alpha value is -3.16. The van der Waals surface area contributed by atoms with E-state index >= 15 is 0 Å². The Labute approximate surface area is 174 Å². The monoisotopic (exact) mass is 406 g/mol. The van der Waals surface area contributed by atoms with Crippen molar-refractivity contribution >= 4 is 28.6 Å². The number of carbonyl (C=O) groups excluding carboxylic acids is 1. The average molecular weight is 406 g/mol. The molecule has 0 bridgehead atoms. The van der Waals surface area contributed by atoms with Gasteiger partial charge in [-0.05, 0) is 50.7 Å². The van der Waals surface area contributed by atoms with E-state index < -0.39 is 0 Å². The molecule has 3 aromatic rings. The van der Waals surface area contributed by atoms with Crippen LogP contribution in [0, 0.1) is 5.92 Å². The molecular weight excluding hydrogens is 380 g/mol. The molecule has 1 aromatic carbocycles. The number of methoxy groups -OCH3 is 1. The van der Waals surface area contributed by atoms with E-state index in [2.05, 4.69) is 19.9 Å². The molecule has 30 heavy (non-hydrogen) atoms. The summed E-state index contributed by atoms with van der Waals surface area (Å²) in [6.45, 7) is 0. The van der Waals surface area contributed by atoms with E-state index in [1.807, 2.05) is 30.6 Å². The fourth-order valence-corrected chi connectivity index (χ4v) is 4.31. The standard InChI is InChI=1S/C22H26N6O2/c1-30-17-4-2-3-15(11-17)25-22(29)14-7-9-16(10-8-14)28-12-24-18-19(23)26-20(13-5-6-13)27-21(18)28/h2-4,11-14,16H,5-10H2,1H3,(H,25,29)(H2,23,26,27). The highest BCUT2D eigenvalue weighted by Gasteiger charge is 2.31. The van der Waals surface area contributed by atoms with Crippen LogP contribution in [0.4, 0.5) is 11.5 Å². The third-order valence-electron chi connectivity index (χ3n) is 6.21. The molecular formula is C22H26N6O2. The molecule has 0 radical (unpaired) electrons. The Morgan fingerprint density at radius 3 is 2.70 bits per heavy atom. The minimum absolute atomic E-state index is 0.00366. The third-order valence-corrected chi connectivity index (χ3v) is 6.21. The smallest absolute Gasteiger partial charge is 0.227 e. The summed E-state index contributed by atoms with van der Waals surface area (Å²) in [5.41, 5.74) is 8.40. The van der Waals surface area contributed by atoms with Crippen molar-refractivity contribution in [2.75, 3.05) is 18.2 Å². The lowest BCUT2D eigenvalue weighted by molar-refractivity contribution is -0.120. The average Bonchev–Trinajstić information content (AvgIpc) is 3.53. The molecule has 3 N–H and O–H groups in total. The minimum atomic E-state index is 0.00366. The molecule has 0 unspecified atom stereocenters. The predicted octanol–water partition coefficient (Wildman–Crippen LogP) is 3.66. The largest absolute Gasteiger partial charge is 0.497 e. The number of rotatable bonds is 5. The number of hydrogen-bond acceptors (Lipinski definition) is 6. The topological polar surface area (TPSA) is 108 Å². The number of carbonyl (C=O) groups is 1. The van der Waals surface area contributed by atoms with E-state index in [0.717, 1.165) is 61.4 Å². The molecule has 2 aliphatic carbocycles. The number of benzene rings is 1. The highest BCUT2D eigenvalue weighted by atomic mass is 16.5. The summed E-state index contributed by atoms with van der Waals surface area (Å²) in [6.07, 6.45) is 7.56. The van der Waals surface area contributed by atoms with Gasteiger partial charge in [0.2, 0.25) is 5.91 Å². The second-order valence-corrected chi connectivity index (χ2v) is 8.29. The van der Waals surface area contributed by atoms with Crippen LogP contribution in [-0.2, 0) is 4.79 Å². The van der Waals surface area contributed by atoms with Crippen LogP contribution in [0.3, 0.4) is 0 Å². The molecule has 0 aliphatic heterocycles. The van der Waals surface area contributed by atoms with Crippen LogP contribution < -0.4 is 15.8 Å². The van der Waals surface area contributed by atoms with Gasteiger partial charge in [-0.15, -0.1) is 0 Å². The highest BCUT2D eigenvalue weighted by Crippen LogP contribution is 2.40. The van der Waals surface area contributed by atoms with Gasteiger partial charge in [-0.1, -0.05) is 6.07 Å². The third kappa shape index (κ3) is 3.58. The lowest BCUT2D eigenvalue weighted by atomic mass is 9.85. The Morgan fingerprint density at radius 1 is 1.17 bits per heavy atom. The van der Waals surface area contributed by atoms with E-state index in [1.165, 1.54) is 0 Å². The van der Waals surface area contributed by atoms with Crippen molar-refractivity contribution in [3.63, 3.8) is 0 Å². The SMILES string of the molecule is COc1cccc(NC(=O)C2CCC(n3cnc4c(N)nc(C5CC5)nc43)CC2)c1. The number of anilines is 2. The molecule has 156 valence electrons. The summed E-state index contributed by atoms with van der Waals surface area (Å²) >= 11 is 0. The van der Waals surface area contributed by atoms with Gasteiger partial charge in [0, 0.05) is 29.6 Å². The van der Waals surface area contributed by atoms with Gasteiger partial charge in [-0.25, -0.2) is 15.0 Å². The van der Waals surface area contributed by atoms with Gasteiger partial charge in [-0.2, -0.15) is 0 Å². The Bertz CT molecular complexity index is 1080. The number of nitrogens with one attached hydrogen (secondary N) is 1. The molecule has 0 saturated heterocycles. The molecule has 2 heterocycles. The molecule has 8 nitrogen and oxygen atoms in total. The number of imidazole rings is 1. The first kappa shape index (κ1) is 18.8. The molecule has 0 spiro atoms. The normalized spacial score (nSPS) is 21.5. The molecule has 5 rings (SSSR count). The van der Waals surface area contributed by atoms with E-state index in [1.54, 1.807) is 7.11 Å². The zero-order valence-electron chi connectivity index (χ0n) is 17.0. The fourth-order valence-electron chi connectivity index (χ4n) is 4.31. The van der Waals surface area contributed by atoms with Crippen LogP contribution in [0.2, 0.25) is 0 Å². The van der Waals surface area contributed by atoms with Gasteiger partial charge >= 0.3 is 0 Å². The van der Waals surface area contributed by atoms with Crippen molar-refractivity contribution in [1.29, 1.82) is 0 Å². The van der Waals surface area contributed by atoms with Crippen molar-refractivity contribution in [2.24, 2.45) is 5.92 Å². The molecule has 8 heteroatoms. The van der Waals surface area contributed by atoms with Crippen LogP contribution >= 0.6 is 0 Å². The van der Waals surface area contributed by atoms with Gasteiger partial charge in [0.05, 0.1) is 13.4 Å². The summed E-state index contributed by atoms with van der Waals surface area (Å²) in [7, 11) is 1.62. The number of aromatic nitrogens is 4. The predicted molar refractivity (Wildman–Crippen MR) is 114 cm³/mol. The number of hydrogen-bond donors (Lipinski definition) is 2. The van der Waals surface area contributed by atoms with Crippen molar-refractivity contribution in [3.05, 3.63) is 36.4 Å². The Morgan fingerprint density at radius 2 is 1.97 bits per heavy atom. The van der Waals surface area contributed by atoms with Crippen molar-refractivity contribution < 1.29 is 9.53 Å². The maximum absolute atomic E-state index is 12.7. The minimum Gasteiger partial charge on any atom is -0.497 e. The first-order chi connectivity index (χ1) is 14.6. The van der Waals surface area contributed by atoms with Gasteiger partial charge in [0.15, 0.2) is 11.5 Å². The molecule has 2 aromatic heterocycles. The lowest BCUT2D eigenvalue weighted by Crippen LogP contribution is -2.28. The van der Waals surface area contributed by atoms with Crippen molar-refractivity contribution in [3.8, 4) is 5.75 Å². The van der Waals surface area contributed by atoms with Crippen molar-refractivity contribution in [1.82, 2.24) is 19.5 Å². The summed E-state index contributed by atoms with van der Waals surface area (Å²) in [5, 5.41) is 3.02. The fraction of sp³-hybridized carbons (Fsp3) is 0.455. The van der Waals surface area contributed by atoms with E-state index in [-0.39, 0.29) is 17.9 Å². The number of nitrogen functional groups attached to an aromatic ring is 1. The maximum Gasteiger partial charge on any atom is 0.227 e. The molecule has 1 amide bonds. The first-order valence-corrected chi connectivity index (χ1v) is 10.6.